The monoisotopic (exact) mass is 265 g/mol. The number of nitrogens with zero attached hydrogens (tertiary/aromatic N) is 2. The molecule has 3 rings (SSSR count). The highest BCUT2D eigenvalue weighted by atomic mass is 35.5. The van der Waals surface area contributed by atoms with Gasteiger partial charge >= 0.3 is 0 Å². The number of hydrogen-bond acceptors (Lipinski definition) is 4. The molecule has 1 aliphatic heterocycles. The summed E-state index contributed by atoms with van der Waals surface area (Å²) in [6.07, 6.45) is 3.82. The van der Waals surface area contributed by atoms with Gasteiger partial charge in [0.1, 0.15) is 12.0 Å². The summed E-state index contributed by atoms with van der Waals surface area (Å²) in [5.41, 5.74) is 10.4. The number of nitrogens with two attached hydrogens (primary N) is 1. The maximum Gasteiger partial charge on any atom is 0.124 e. The number of aromatic nitrogens is 1. The average molecular weight is 266 g/mol. The van der Waals surface area contributed by atoms with E-state index in [0.717, 1.165) is 37.3 Å². The lowest BCUT2D eigenvalue weighted by atomic mass is 10.00. The molecular weight excluding hydrogens is 250 g/mol. The van der Waals surface area contributed by atoms with E-state index in [9.17, 15) is 0 Å². The van der Waals surface area contributed by atoms with E-state index in [0.29, 0.717) is 0 Å². The van der Waals surface area contributed by atoms with Gasteiger partial charge in [-0.3, -0.25) is 0 Å². The van der Waals surface area contributed by atoms with Crippen LogP contribution in [0.4, 0.5) is 11.4 Å². The summed E-state index contributed by atoms with van der Waals surface area (Å²) in [6.45, 7) is 1.83. The van der Waals surface area contributed by atoms with E-state index in [1.165, 1.54) is 11.3 Å². The zero-order valence-electron chi connectivity index (χ0n) is 10.0. The summed E-state index contributed by atoms with van der Waals surface area (Å²) >= 11 is 0. The highest BCUT2D eigenvalue weighted by Gasteiger charge is 2.19. The van der Waals surface area contributed by atoms with Crippen molar-refractivity contribution in [1.29, 1.82) is 0 Å². The minimum atomic E-state index is 0. The molecule has 0 saturated carbocycles. The molecule has 5 heteroatoms. The van der Waals surface area contributed by atoms with E-state index < -0.39 is 0 Å². The highest BCUT2D eigenvalue weighted by molar-refractivity contribution is 5.85. The number of hydrogen-bond donors (Lipinski definition) is 1. The molecule has 2 aromatic rings. The Labute approximate surface area is 112 Å². The summed E-state index contributed by atoms with van der Waals surface area (Å²) < 4.78 is 4.87. The van der Waals surface area contributed by atoms with Crippen molar-refractivity contribution in [3.63, 3.8) is 0 Å². The average Bonchev–Trinajstić information content (AvgIpc) is 2.83. The minimum absolute atomic E-state index is 0. The van der Waals surface area contributed by atoms with Crippen LogP contribution in [0.1, 0.15) is 17.7 Å². The fourth-order valence-electron chi connectivity index (χ4n) is 2.41. The summed E-state index contributed by atoms with van der Waals surface area (Å²) in [5, 5.41) is 3.96. The van der Waals surface area contributed by atoms with Gasteiger partial charge in [-0.25, -0.2) is 0 Å². The molecule has 0 fully saturated rings. The third-order valence-corrected chi connectivity index (χ3v) is 3.23. The molecule has 4 nitrogen and oxygen atoms in total. The molecule has 1 aliphatic rings. The molecule has 96 valence electrons. The molecule has 0 unspecified atom stereocenters. The number of fused-ring (bicyclic) bond motifs is 1. The standard InChI is InChI=1S/C13H15N3O.ClH/c14-12-4-1-5-13-11(12)3-2-7-16(13)9-10-6-8-17-15-10;/h1,4-6,8H,2-3,7,9,14H2;1H. The zero-order valence-corrected chi connectivity index (χ0v) is 10.8. The molecule has 2 N–H and O–H groups in total. The second-order valence-corrected chi connectivity index (χ2v) is 4.36. The van der Waals surface area contributed by atoms with Crippen molar-refractivity contribution < 1.29 is 4.52 Å². The molecule has 0 aliphatic carbocycles. The predicted octanol–water partition coefficient (Wildman–Crippen LogP) is 2.63. The molecule has 0 bridgehead atoms. The Morgan fingerprint density at radius 1 is 1.33 bits per heavy atom. The fourth-order valence-corrected chi connectivity index (χ4v) is 2.41. The fraction of sp³-hybridized carbons (Fsp3) is 0.308. The van der Waals surface area contributed by atoms with Crippen LogP contribution in [0.15, 0.2) is 35.1 Å². The SMILES string of the molecule is Cl.Nc1cccc2c1CCCN2Cc1ccon1. The Hall–Kier alpha value is -1.68. The zero-order chi connectivity index (χ0) is 11.7. The number of halogens is 1. The number of anilines is 2. The highest BCUT2D eigenvalue weighted by Crippen LogP contribution is 2.31. The summed E-state index contributed by atoms with van der Waals surface area (Å²) in [4.78, 5) is 2.31. The molecular formula is C13H16ClN3O. The van der Waals surface area contributed by atoms with Gasteiger partial charge in [0, 0.05) is 24.0 Å². The second kappa shape index (κ2) is 5.31. The van der Waals surface area contributed by atoms with E-state index in [-0.39, 0.29) is 12.4 Å². The number of nitrogen functional groups attached to an aromatic ring is 1. The van der Waals surface area contributed by atoms with Crippen LogP contribution in [0.2, 0.25) is 0 Å². The lowest BCUT2D eigenvalue weighted by Gasteiger charge is -2.31. The van der Waals surface area contributed by atoms with Crippen molar-refractivity contribution in [2.45, 2.75) is 19.4 Å². The first-order chi connectivity index (χ1) is 8.34. The summed E-state index contributed by atoms with van der Waals surface area (Å²) in [6, 6.07) is 8.01. The Bertz CT molecular complexity index is 513. The van der Waals surface area contributed by atoms with Crippen molar-refractivity contribution in [3.05, 3.63) is 41.8 Å². The summed E-state index contributed by atoms with van der Waals surface area (Å²) in [5.74, 6) is 0. The smallest absolute Gasteiger partial charge is 0.124 e. The largest absolute Gasteiger partial charge is 0.398 e. The van der Waals surface area contributed by atoms with Crippen LogP contribution >= 0.6 is 12.4 Å². The van der Waals surface area contributed by atoms with Crippen LogP contribution in [0.5, 0.6) is 0 Å². The van der Waals surface area contributed by atoms with Crippen molar-refractivity contribution in [2.75, 3.05) is 17.2 Å². The van der Waals surface area contributed by atoms with E-state index >= 15 is 0 Å². The first kappa shape index (κ1) is 12.8. The van der Waals surface area contributed by atoms with Gasteiger partial charge in [-0.2, -0.15) is 0 Å². The maximum atomic E-state index is 6.02. The van der Waals surface area contributed by atoms with Crippen molar-refractivity contribution in [3.8, 4) is 0 Å². The molecule has 1 aromatic carbocycles. The van der Waals surface area contributed by atoms with Crippen LogP contribution in [-0.2, 0) is 13.0 Å². The van der Waals surface area contributed by atoms with Gasteiger partial charge in [-0.05, 0) is 30.5 Å². The van der Waals surface area contributed by atoms with Gasteiger partial charge in [0.05, 0.1) is 6.54 Å². The molecule has 1 aromatic heterocycles. The summed E-state index contributed by atoms with van der Waals surface area (Å²) in [7, 11) is 0. The van der Waals surface area contributed by atoms with Gasteiger partial charge < -0.3 is 15.2 Å². The minimum Gasteiger partial charge on any atom is -0.398 e. The number of rotatable bonds is 2. The third-order valence-electron chi connectivity index (χ3n) is 3.23. The first-order valence-corrected chi connectivity index (χ1v) is 5.86. The maximum absolute atomic E-state index is 6.02. The van der Waals surface area contributed by atoms with Crippen molar-refractivity contribution >= 4 is 23.8 Å². The van der Waals surface area contributed by atoms with Gasteiger partial charge in [-0.1, -0.05) is 11.2 Å². The Morgan fingerprint density at radius 3 is 3.00 bits per heavy atom. The normalized spacial score (nSPS) is 13.9. The van der Waals surface area contributed by atoms with E-state index in [1.54, 1.807) is 6.26 Å². The molecule has 0 radical (unpaired) electrons. The van der Waals surface area contributed by atoms with E-state index in [1.807, 2.05) is 18.2 Å². The Morgan fingerprint density at radius 2 is 2.22 bits per heavy atom. The van der Waals surface area contributed by atoms with Crippen LogP contribution in [0, 0.1) is 0 Å². The van der Waals surface area contributed by atoms with Gasteiger partial charge in [0.2, 0.25) is 0 Å². The predicted molar refractivity (Wildman–Crippen MR) is 74.0 cm³/mol. The van der Waals surface area contributed by atoms with E-state index in [4.69, 9.17) is 10.3 Å². The quantitative estimate of drug-likeness (QED) is 0.848. The van der Waals surface area contributed by atoms with Gasteiger partial charge in [-0.15, -0.1) is 12.4 Å². The third kappa shape index (κ3) is 2.29. The van der Waals surface area contributed by atoms with Crippen LogP contribution < -0.4 is 10.6 Å². The number of benzene rings is 1. The van der Waals surface area contributed by atoms with E-state index in [2.05, 4.69) is 16.1 Å². The van der Waals surface area contributed by atoms with Gasteiger partial charge in [0.25, 0.3) is 0 Å². The first-order valence-electron chi connectivity index (χ1n) is 5.86. The second-order valence-electron chi connectivity index (χ2n) is 4.36. The molecule has 0 spiro atoms. The van der Waals surface area contributed by atoms with Crippen molar-refractivity contribution in [2.24, 2.45) is 0 Å². The topological polar surface area (TPSA) is 55.3 Å². The van der Waals surface area contributed by atoms with Gasteiger partial charge in [0.15, 0.2) is 0 Å². The Balaban J connectivity index is 0.00000120. The van der Waals surface area contributed by atoms with Crippen LogP contribution in [0.3, 0.4) is 0 Å². The van der Waals surface area contributed by atoms with Crippen LogP contribution in [0.25, 0.3) is 0 Å². The lowest BCUT2D eigenvalue weighted by Crippen LogP contribution is -2.29. The van der Waals surface area contributed by atoms with Crippen molar-refractivity contribution in [1.82, 2.24) is 5.16 Å². The molecule has 0 amide bonds. The molecule has 18 heavy (non-hydrogen) atoms. The molecule has 0 saturated heterocycles. The molecule has 0 atom stereocenters. The van der Waals surface area contributed by atoms with Crippen LogP contribution in [-0.4, -0.2) is 11.7 Å². The molecule has 2 heterocycles. The lowest BCUT2D eigenvalue weighted by molar-refractivity contribution is 0.410. The Kier molecular flexibility index (Phi) is 3.77.